The molecule has 1 atom stereocenters. The predicted octanol–water partition coefficient (Wildman–Crippen LogP) is 1.29. The molecule has 0 aromatic carbocycles. The van der Waals surface area contributed by atoms with E-state index in [-0.39, 0.29) is 12.1 Å². The van der Waals surface area contributed by atoms with Gasteiger partial charge in [-0.3, -0.25) is 0 Å². The highest BCUT2D eigenvalue weighted by Gasteiger charge is 2.03. The molecule has 5 nitrogen and oxygen atoms in total. The van der Waals surface area contributed by atoms with Gasteiger partial charge in [0, 0.05) is 18.8 Å². The average Bonchev–Trinajstić information content (AvgIpc) is 2.13. The monoisotopic (exact) mass is 254 g/mol. The number of ether oxygens (including phenoxy) is 1. The number of likely N-dealkylation sites (N-methyl/N-ethyl adjacent to an activating group) is 1. The van der Waals surface area contributed by atoms with Crippen LogP contribution in [0.1, 0.15) is 20.8 Å². The summed E-state index contributed by atoms with van der Waals surface area (Å²) in [4.78, 5) is 6.08. The Morgan fingerprint density at radius 3 is 2.56 bits per heavy atom. The van der Waals surface area contributed by atoms with Crippen molar-refractivity contribution in [3.05, 3.63) is 24.6 Å². The average molecular weight is 254 g/mol. The first-order valence-electron chi connectivity index (χ1n) is 6.08. The van der Waals surface area contributed by atoms with Crippen molar-refractivity contribution in [1.82, 2.24) is 10.2 Å². The Balaban J connectivity index is 4.08. The molecule has 5 heteroatoms. The molecule has 0 rings (SSSR count). The Hall–Kier alpha value is -1.49. The molecule has 104 valence electrons. The highest BCUT2D eigenvalue weighted by atomic mass is 16.5. The highest BCUT2D eigenvalue weighted by molar-refractivity contribution is 5.78. The molecule has 0 fully saturated rings. The van der Waals surface area contributed by atoms with E-state index in [1.165, 1.54) is 0 Å². The Morgan fingerprint density at radius 1 is 1.44 bits per heavy atom. The first-order chi connectivity index (χ1) is 8.31. The van der Waals surface area contributed by atoms with Crippen molar-refractivity contribution in [3.63, 3.8) is 0 Å². The van der Waals surface area contributed by atoms with Gasteiger partial charge in [-0.2, -0.15) is 0 Å². The van der Waals surface area contributed by atoms with Crippen molar-refractivity contribution in [2.24, 2.45) is 10.7 Å². The van der Waals surface area contributed by atoms with Gasteiger partial charge in [-0.25, -0.2) is 4.99 Å². The van der Waals surface area contributed by atoms with Crippen LogP contribution in [0.4, 0.5) is 0 Å². The molecule has 0 aromatic rings. The number of guanidine groups is 1. The van der Waals surface area contributed by atoms with Gasteiger partial charge in [0.15, 0.2) is 5.96 Å². The topological polar surface area (TPSA) is 62.9 Å². The van der Waals surface area contributed by atoms with E-state index in [1.807, 2.05) is 34.9 Å². The number of nitrogens with one attached hydrogen (secondary N) is 1. The van der Waals surface area contributed by atoms with E-state index in [4.69, 9.17) is 10.5 Å². The third kappa shape index (κ3) is 9.72. The van der Waals surface area contributed by atoms with E-state index in [9.17, 15) is 0 Å². The smallest absolute Gasteiger partial charge is 0.193 e. The van der Waals surface area contributed by atoms with Gasteiger partial charge in [0.2, 0.25) is 0 Å². The molecular weight excluding hydrogens is 228 g/mol. The maximum Gasteiger partial charge on any atom is 0.193 e. The summed E-state index contributed by atoms with van der Waals surface area (Å²) in [6.45, 7) is 10.6. The van der Waals surface area contributed by atoms with Gasteiger partial charge in [-0.05, 0) is 40.9 Å². The first kappa shape index (κ1) is 16.5. The molecule has 0 bridgehead atoms. The molecule has 0 aromatic heterocycles. The third-order valence-electron chi connectivity index (χ3n) is 1.89. The van der Waals surface area contributed by atoms with Gasteiger partial charge in [0.25, 0.3) is 0 Å². The fourth-order valence-corrected chi connectivity index (χ4v) is 1.38. The first-order valence-corrected chi connectivity index (χ1v) is 6.08. The molecule has 18 heavy (non-hydrogen) atoms. The molecule has 0 aliphatic rings. The van der Waals surface area contributed by atoms with Crippen molar-refractivity contribution in [2.75, 3.05) is 20.6 Å². The fourth-order valence-electron chi connectivity index (χ4n) is 1.38. The molecule has 0 aliphatic heterocycles. The van der Waals surface area contributed by atoms with Crippen LogP contribution in [0, 0.1) is 0 Å². The van der Waals surface area contributed by atoms with E-state index >= 15 is 0 Å². The second kappa shape index (κ2) is 8.58. The van der Waals surface area contributed by atoms with Gasteiger partial charge < -0.3 is 20.7 Å². The lowest BCUT2D eigenvalue weighted by atomic mass is 10.4. The Labute approximate surface area is 110 Å². The summed E-state index contributed by atoms with van der Waals surface area (Å²) < 4.78 is 5.57. The summed E-state index contributed by atoms with van der Waals surface area (Å²) in [6.07, 6.45) is 3.36. The van der Waals surface area contributed by atoms with Gasteiger partial charge in [-0.1, -0.05) is 6.58 Å². The van der Waals surface area contributed by atoms with Crippen molar-refractivity contribution < 1.29 is 4.74 Å². The largest absolute Gasteiger partial charge is 0.490 e. The predicted molar refractivity (Wildman–Crippen MR) is 77.3 cm³/mol. The van der Waals surface area contributed by atoms with Crippen LogP contribution in [0.3, 0.4) is 0 Å². The Bertz CT molecular complexity index is 308. The summed E-state index contributed by atoms with van der Waals surface area (Å²) in [5, 5.41) is 2.98. The number of hydrogen-bond donors (Lipinski definition) is 2. The zero-order chi connectivity index (χ0) is 14.1. The summed E-state index contributed by atoms with van der Waals surface area (Å²) in [7, 11) is 4.00. The van der Waals surface area contributed by atoms with Gasteiger partial charge in [0.05, 0.1) is 0 Å². The van der Waals surface area contributed by atoms with Gasteiger partial charge in [0.1, 0.15) is 11.9 Å². The van der Waals surface area contributed by atoms with Crippen LogP contribution >= 0.6 is 0 Å². The third-order valence-corrected chi connectivity index (χ3v) is 1.89. The van der Waals surface area contributed by atoms with Crippen LogP contribution in [0.5, 0.6) is 0 Å². The van der Waals surface area contributed by atoms with Crippen LogP contribution in [0.15, 0.2) is 29.6 Å². The zero-order valence-electron chi connectivity index (χ0n) is 12.1. The van der Waals surface area contributed by atoms with E-state index < -0.39 is 0 Å². The second-order valence-corrected chi connectivity index (χ2v) is 4.79. The summed E-state index contributed by atoms with van der Waals surface area (Å²) in [5.74, 6) is 0.959. The highest BCUT2D eigenvalue weighted by Crippen LogP contribution is 2.02. The molecule has 3 N–H and O–H groups in total. The van der Waals surface area contributed by atoms with E-state index in [2.05, 4.69) is 21.8 Å². The Morgan fingerprint density at radius 2 is 2.06 bits per heavy atom. The molecule has 0 spiro atoms. The summed E-state index contributed by atoms with van der Waals surface area (Å²) in [5.41, 5.74) is 5.64. The molecule has 0 radical (unpaired) electrons. The minimum Gasteiger partial charge on any atom is -0.490 e. The lowest BCUT2D eigenvalue weighted by Crippen LogP contribution is -2.36. The molecular formula is C13H26N4O. The number of nitrogens with two attached hydrogens (primary N) is 1. The van der Waals surface area contributed by atoms with Crippen LogP contribution in [0.2, 0.25) is 0 Å². The van der Waals surface area contributed by atoms with Crippen LogP contribution in [-0.2, 0) is 4.74 Å². The molecule has 0 aliphatic carbocycles. The number of aliphatic imine (C=N–C) groups is 1. The number of hydrogen-bond acceptors (Lipinski definition) is 3. The minimum absolute atomic E-state index is 0.0901. The fraction of sp³-hybridized carbons (Fsp3) is 0.615. The molecule has 1 unspecified atom stereocenters. The molecule has 0 saturated heterocycles. The molecule has 0 saturated carbocycles. The lowest BCUT2D eigenvalue weighted by molar-refractivity contribution is 0.113. The van der Waals surface area contributed by atoms with Crippen LogP contribution in [-0.4, -0.2) is 43.6 Å². The molecule has 0 amide bonds. The minimum atomic E-state index is 0.0901. The Kier molecular flexibility index (Phi) is 7.87. The van der Waals surface area contributed by atoms with Crippen LogP contribution < -0.4 is 11.1 Å². The maximum absolute atomic E-state index is 5.64. The standard InChI is InChI=1S/C13H26N4O/c1-10(2)16-13(14)15-8-7-11(3)18-12(4)9-17(5)6/h7-8,10,12H,3,9H2,1-2,4-6H3,(H3,14,15,16)/b8-7-. The normalized spacial score (nSPS) is 14.3. The SMILES string of the molecule is C=C(/C=C\N=C(/N)NC(C)C)OC(C)CN(C)C. The summed E-state index contributed by atoms with van der Waals surface area (Å²) in [6, 6.07) is 0.265. The van der Waals surface area contributed by atoms with Crippen molar-refractivity contribution in [2.45, 2.75) is 32.9 Å². The quantitative estimate of drug-likeness (QED) is 0.311. The van der Waals surface area contributed by atoms with E-state index in [1.54, 1.807) is 12.3 Å². The van der Waals surface area contributed by atoms with Crippen molar-refractivity contribution >= 4 is 5.96 Å². The van der Waals surface area contributed by atoms with Gasteiger partial charge in [-0.15, -0.1) is 0 Å². The maximum atomic E-state index is 5.64. The number of rotatable bonds is 7. The molecule has 0 heterocycles. The zero-order valence-corrected chi connectivity index (χ0v) is 12.1. The summed E-state index contributed by atoms with van der Waals surface area (Å²) >= 11 is 0. The van der Waals surface area contributed by atoms with E-state index in [0.29, 0.717) is 11.7 Å². The second-order valence-electron chi connectivity index (χ2n) is 4.79. The van der Waals surface area contributed by atoms with Gasteiger partial charge >= 0.3 is 0 Å². The van der Waals surface area contributed by atoms with Crippen molar-refractivity contribution in [3.8, 4) is 0 Å². The van der Waals surface area contributed by atoms with Crippen LogP contribution in [0.25, 0.3) is 0 Å². The number of allylic oxidation sites excluding steroid dienone is 1. The van der Waals surface area contributed by atoms with E-state index in [0.717, 1.165) is 6.54 Å². The lowest BCUT2D eigenvalue weighted by Gasteiger charge is -2.18. The van der Waals surface area contributed by atoms with Crippen molar-refractivity contribution in [1.29, 1.82) is 0 Å². The number of nitrogens with zero attached hydrogens (tertiary/aromatic N) is 2.